The molecule has 118 valence electrons. The van der Waals surface area contributed by atoms with E-state index in [0.29, 0.717) is 19.5 Å². The zero-order valence-electron chi connectivity index (χ0n) is 12.8. The minimum absolute atomic E-state index is 0.112. The maximum absolute atomic E-state index is 11.8. The Kier molecular flexibility index (Phi) is 5.57. The minimum atomic E-state index is -3.17. The topological polar surface area (TPSA) is 89.7 Å². The molecule has 0 spiro atoms. The minimum Gasteiger partial charge on any atom is -0.459 e. The SMILES string of the molecule is CC(C)(C)OC(=O)C(N)CC1CCCN(S(C)(=O)=O)C1. The average molecular weight is 306 g/mol. The van der Waals surface area contributed by atoms with Gasteiger partial charge in [0.05, 0.1) is 6.26 Å². The molecule has 0 radical (unpaired) electrons. The fourth-order valence-electron chi connectivity index (χ4n) is 2.35. The maximum Gasteiger partial charge on any atom is 0.323 e. The van der Waals surface area contributed by atoms with Gasteiger partial charge in [0.15, 0.2) is 0 Å². The molecule has 1 saturated heterocycles. The normalized spacial score (nSPS) is 23.4. The molecule has 0 aromatic heterocycles. The maximum atomic E-state index is 11.8. The monoisotopic (exact) mass is 306 g/mol. The van der Waals surface area contributed by atoms with Crippen molar-refractivity contribution in [2.45, 2.75) is 51.7 Å². The van der Waals surface area contributed by atoms with Gasteiger partial charge in [-0.1, -0.05) is 0 Å². The molecule has 1 fully saturated rings. The van der Waals surface area contributed by atoms with Crippen LogP contribution < -0.4 is 5.73 Å². The fourth-order valence-corrected chi connectivity index (χ4v) is 3.30. The molecular formula is C13H26N2O4S. The number of rotatable bonds is 4. The first kappa shape index (κ1) is 17.4. The van der Waals surface area contributed by atoms with Crippen molar-refractivity contribution in [3.05, 3.63) is 0 Å². The van der Waals surface area contributed by atoms with Crippen molar-refractivity contribution in [3.63, 3.8) is 0 Å². The number of piperidine rings is 1. The number of esters is 1. The van der Waals surface area contributed by atoms with Crippen molar-refractivity contribution in [2.75, 3.05) is 19.3 Å². The standard InChI is InChI=1S/C13H26N2O4S/c1-13(2,3)19-12(16)11(14)8-10-6-5-7-15(9-10)20(4,17)18/h10-11H,5-9,14H2,1-4H3. The number of ether oxygens (including phenoxy) is 1. The van der Waals surface area contributed by atoms with Crippen LogP contribution in [0.5, 0.6) is 0 Å². The van der Waals surface area contributed by atoms with Crippen LogP contribution in [0.3, 0.4) is 0 Å². The molecule has 0 amide bonds. The van der Waals surface area contributed by atoms with E-state index >= 15 is 0 Å². The van der Waals surface area contributed by atoms with Crippen LogP contribution >= 0.6 is 0 Å². The third-order valence-corrected chi connectivity index (χ3v) is 4.52. The van der Waals surface area contributed by atoms with Gasteiger partial charge in [0.25, 0.3) is 0 Å². The van der Waals surface area contributed by atoms with Crippen LogP contribution in [0.4, 0.5) is 0 Å². The van der Waals surface area contributed by atoms with Crippen LogP contribution in [-0.2, 0) is 19.6 Å². The highest BCUT2D eigenvalue weighted by Crippen LogP contribution is 2.23. The van der Waals surface area contributed by atoms with Gasteiger partial charge >= 0.3 is 5.97 Å². The first-order chi connectivity index (χ1) is 8.99. The highest BCUT2D eigenvalue weighted by Gasteiger charge is 2.30. The molecule has 0 aromatic carbocycles. The van der Waals surface area contributed by atoms with Crippen molar-refractivity contribution >= 4 is 16.0 Å². The third kappa shape index (κ3) is 5.76. The van der Waals surface area contributed by atoms with Gasteiger partial charge in [-0.25, -0.2) is 12.7 Å². The van der Waals surface area contributed by atoms with Crippen LogP contribution in [0.2, 0.25) is 0 Å². The predicted octanol–water partition coefficient (Wildman–Crippen LogP) is 0.717. The molecule has 1 aliphatic rings. The van der Waals surface area contributed by atoms with Gasteiger partial charge in [-0.05, 0) is 46.0 Å². The summed E-state index contributed by atoms with van der Waals surface area (Å²) in [5.41, 5.74) is 5.31. The second kappa shape index (κ2) is 6.41. The number of hydrogen-bond acceptors (Lipinski definition) is 5. The van der Waals surface area contributed by atoms with E-state index in [4.69, 9.17) is 10.5 Å². The first-order valence-corrected chi connectivity index (χ1v) is 8.77. The Hall–Kier alpha value is -0.660. The number of carbonyl (C=O) groups excluding carboxylic acids is 1. The Balaban J connectivity index is 2.54. The van der Waals surface area contributed by atoms with Crippen LogP contribution in [0.25, 0.3) is 0 Å². The molecule has 1 rings (SSSR count). The second-order valence-electron chi connectivity index (χ2n) is 6.50. The summed E-state index contributed by atoms with van der Waals surface area (Å²) in [7, 11) is -3.17. The van der Waals surface area contributed by atoms with Gasteiger partial charge in [0.1, 0.15) is 11.6 Å². The van der Waals surface area contributed by atoms with E-state index in [9.17, 15) is 13.2 Å². The van der Waals surface area contributed by atoms with Crippen LogP contribution in [0, 0.1) is 5.92 Å². The van der Waals surface area contributed by atoms with Crippen molar-refractivity contribution in [1.29, 1.82) is 0 Å². The number of hydrogen-bond donors (Lipinski definition) is 1. The summed E-state index contributed by atoms with van der Waals surface area (Å²) in [5, 5.41) is 0. The molecular weight excluding hydrogens is 280 g/mol. The van der Waals surface area contributed by atoms with E-state index < -0.39 is 27.6 Å². The predicted molar refractivity (Wildman–Crippen MR) is 77.6 cm³/mol. The van der Waals surface area contributed by atoms with Crippen molar-refractivity contribution in [2.24, 2.45) is 11.7 Å². The highest BCUT2D eigenvalue weighted by molar-refractivity contribution is 7.88. The Labute approximate surface area is 121 Å². The Bertz CT molecular complexity index is 442. The van der Waals surface area contributed by atoms with Crippen LogP contribution in [0.15, 0.2) is 0 Å². The molecule has 7 heteroatoms. The molecule has 0 aliphatic carbocycles. The largest absolute Gasteiger partial charge is 0.459 e. The molecule has 2 atom stereocenters. The van der Waals surface area contributed by atoms with Crippen molar-refractivity contribution in [1.82, 2.24) is 4.31 Å². The number of nitrogens with zero attached hydrogens (tertiary/aromatic N) is 1. The van der Waals surface area contributed by atoms with E-state index in [0.717, 1.165) is 12.8 Å². The smallest absolute Gasteiger partial charge is 0.323 e. The Morgan fingerprint density at radius 3 is 2.55 bits per heavy atom. The van der Waals surface area contributed by atoms with Gasteiger partial charge < -0.3 is 10.5 Å². The summed E-state index contributed by atoms with van der Waals surface area (Å²) >= 11 is 0. The lowest BCUT2D eigenvalue weighted by molar-refractivity contribution is -0.157. The molecule has 0 aromatic rings. The van der Waals surface area contributed by atoms with E-state index in [1.165, 1.54) is 10.6 Å². The third-order valence-electron chi connectivity index (χ3n) is 3.25. The molecule has 20 heavy (non-hydrogen) atoms. The van der Waals surface area contributed by atoms with Crippen LogP contribution in [0.1, 0.15) is 40.0 Å². The van der Waals surface area contributed by atoms with Gasteiger partial charge in [-0.15, -0.1) is 0 Å². The Morgan fingerprint density at radius 1 is 1.45 bits per heavy atom. The van der Waals surface area contributed by atoms with E-state index in [1.54, 1.807) is 20.8 Å². The van der Waals surface area contributed by atoms with Crippen molar-refractivity contribution < 1.29 is 17.9 Å². The number of carbonyl (C=O) groups is 1. The highest BCUT2D eigenvalue weighted by atomic mass is 32.2. The quantitative estimate of drug-likeness (QED) is 0.773. The molecule has 6 nitrogen and oxygen atoms in total. The first-order valence-electron chi connectivity index (χ1n) is 6.92. The molecule has 1 heterocycles. The number of sulfonamides is 1. The molecule has 2 N–H and O–H groups in total. The van der Waals surface area contributed by atoms with Crippen molar-refractivity contribution in [3.8, 4) is 0 Å². The summed E-state index contributed by atoms with van der Waals surface area (Å²) < 4.78 is 29.8. The summed E-state index contributed by atoms with van der Waals surface area (Å²) in [4.78, 5) is 11.8. The average Bonchev–Trinajstić information content (AvgIpc) is 2.25. The second-order valence-corrected chi connectivity index (χ2v) is 8.49. The lowest BCUT2D eigenvalue weighted by Crippen LogP contribution is -2.43. The molecule has 0 bridgehead atoms. The fraction of sp³-hybridized carbons (Fsp3) is 0.923. The van der Waals surface area contributed by atoms with Gasteiger partial charge in [0, 0.05) is 13.1 Å². The van der Waals surface area contributed by atoms with Gasteiger partial charge in [-0.2, -0.15) is 0 Å². The van der Waals surface area contributed by atoms with Gasteiger partial charge in [-0.3, -0.25) is 4.79 Å². The Morgan fingerprint density at radius 2 is 2.05 bits per heavy atom. The van der Waals surface area contributed by atoms with E-state index in [2.05, 4.69) is 0 Å². The summed E-state index contributed by atoms with van der Waals surface area (Å²) in [5.74, 6) is -0.310. The summed E-state index contributed by atoms with van der Waals surface area (Å²) in [6.07, 6.45) is 3.37. The van der Waals surface area contributed by atoms with E-state index in [1.807, 2.05) is 0 Å². The lowest BCUT2D eigenvalue weighted by Gasteiger charge is -2.32. The zero-order valence-corrected chi connectivity index (χ0v) is 13.6. The van der Waals surface area contributed by atoms with Crippen LogP contribution in [-0.4, -0.2) is 49.7 Å². The summed E-state index contributed by atoms with van der Waals surface area (Å²) in [6.45, 7) is 6.38. The molecule has 2 unspecified atom stereocenters. The molecule has 1 aliphatic heterocycles. The lowest BCUT2D eigenvalue weighted by atomic mass is 9.92. The molecule has 0 saturated carbocycles. The number of nitrogens with two attached hydrogens (primary N) is 1. The van der Waals surface area contributed by atoms with Gasteiger partial charge in [0.2, 0.25) is 10.0 Å². The summed E-state index contributed by atoms with van der Waals surface area (Å²) in [6, 6.07) is -0.696. The van der Waals surface area contributed by atoms with E-state index in [-0.39, 0.29) is 5.92 Å². The zero-order chi connectivity index (χ0) is 15.6.